The second-order valence-electron chi connectivity index (χ2n) is 15.0. The van der Waals surface area contributed by atoms with Gasteiger partial charge in [-0.25, -0.2) is 9.59 Å². The zero-order chi connectivity index (χ0) is 37.9. The molecule has 1 aromatic heterocycles. The van der Waals surface area contributed by atoms with Gasteiger partial charge in [-0.3, -0.25) is 19.5 Å². The molecule has 5 N–H and O–H groups in total. The Morgan fingerprint density at radius 2 is 1.39 bits per heavy atom. The van der Waals surface area contributed by atoms with Crippen molar-refractivity contribution in [2.45, 2.75) is 91.1 Å². The molecule has 0 radical (unpaired) electrons. The van der Waals surface area contributed by atoms with Gasteiger partial charge in [-0.2, -0.15) is 0 Å². The maximum atomic E-state index is 13.8. The third kappa shape index (κ3) is 12.1. The number of rotatable bonds is 14. The molecule has 12 heteroatoms. The maximum Gasteiger partial charge on any atom is 0.407 e. The number of ether oxygens (including phenoxy) is 1. The molecule has 5 atom stereocenters. The molecule has 3 rings (SSSR count). The third-order valence-corrected chi connectivity index (χ3v) is 8.69. The van der Waals surface area contributed by atoms with E-state index in [0.717, 1.165) is 27.3 Å². The second-order valence-corrected chi connectivity index (χ2v) is 15.0. The van der Waals surface area contributed by atoms with Crippen molar-refractivity contribution in [3.63, 3.8) is 0 Å². The normalized spacial score (nSPS) is 14.6. The summed E-state index contributed by atoms with van der Waals surface area (Å²) in [6, 6.07) is 19.2. The van der Waals surface area contributed by atoms with Gasteiger partial charge >= 0.3 is 12.2 Å². The number of carbonyl (C=O) groups excluding carboxylic acids is 3. The van der Waals surface area contributed by atoms with E-state index >= 15 is 0 Å². The van der Waals surface area contributed by atoms with Crippen molar-refractivity contribution in [2.24, 2.45) is 10.8 Å². The fourth-order valence-electron chi connectivity index (χ4n) is 6.09. The third-order valence-electron chi connectivity index (χ3n) is 8.69. The number of nitrogens with zero attached hydrogens (tertiary/aromatic N) is 2. The molecule has 2 aromatic carbocycles. The number of hydrogen-bond donors (Lipinski definition) is 5. The average Bonchev–Trinajstić information content (AvgIpc) is 3.06. The van der Waals surface area contributed by atoms with Gasteiger partial charge in [0.05, 0.1) is 24.9 Å². The molecule has 0 bridgehead atoms. The van der Waals surface area contributed by atoms with Crippen LogP contribution in [-0.4, -0.2) is 88.5 Å². The Kier molecular flexibility index (Phi) is 14.1. The summed E-state index contributed by atoms with van der Waals surface area (Å²) in [5, 5.41) is 30.3. The van der Waals surface area contributed by atoms with Gasteiger partial charge in [0.25, 0.3) is 0 Å². The summed E-state index contributed by atoms with van der Waals surface area (Å²) in [6.07, 6.45) is -0.875. The molecule has 276 valence electrons. The number of nitrogens with one attached hydrogen (secondary N) is 3. The summed E-state index contributed by atoms with van der Waals surface area (Å²) in [4.78, 5) is 57.2. The van der Waals surface area contributed by atoms with Crippen LogP contribution in [0.1, 0.15) is 59.1 Å². The Bertz CT molecular complexity index is 1590. The van der Waals surface area contributed by atoms with Gasteiger partial charge in [0.15, 0.2) is 0 Å². The van der Waals surface area contributed by atoms with Gasteiger partial charge in [0, 0.05) is 24.8 Å². The molecule has 1 unspecified atom stereocenters. The minimum atomic E-state index is -1.25. The molecule has 0 saturated carbocycles. The van der Waals surface area contributed by atoms with E-state index in [0.29, 0.717) is 6.42 Å². The van der Waals surface area contributed by atoms with Crippen LogP contribution in [0.4, 0.5) is 9.59 Å². The Morgan fingerprint density at radius 3 is 1.92 bits per heavy atom. The number of benzene rings is 2. The van der Waals surface area contributed by atoms with Crippen LogP contribution in [0.3, 0.4) is 0 Å². The number of aliphatic hydroxyl groups is 1. The highest BCUT2D eigenvalue weighted by Gasteiger charge is 2.39. The molecule has 1 heterocycles. The molecule has 0 saturated heterocycles. The molecule has 0 aliphatic carbocycles. The first-order chi connectivity index (χ1) is 23.9. The molecule has 0 aliphatic heterocycles. The van der Waals surface area contributed by atoms with Crippen LogP contribution in [0.25, 0.3) is 11.3 Å². The van der Waals surface area contributed by atoms with Gasteiger partial charge in [0.2, 0.25) is 11.8 Å². The quantitative estimate of drug-likeness (QED) is 0.155. The highest BCUT2D eigenvalue weighted by Crippen LogP contribution is 2.26. The van der Waals surface area contributed by atoms with Crippen molar-refractivity contribution in [1.82, 2.24) is 25.8 Å². The molecule has 51 heavy (non-hydrogen) atoms. The van der Waals surface area contributed by atoms with Crippen LogP contribution >= 0.6 is 0 Å². The van der Waals surface area contributed by atoms with Crippen molar-refractivity contribution in [2.75, 3.05) is 14.2 Å². The predicted octanol–water partition coefficient (Wildman–Crippen LogP) is 5.05. The van der Waals surface area contributed by atoms with E-state index in [9.17, 15) is 29.4 Å². The summed E-state index contributed by atoms with van der Waals surface area (Å²) < 4.78 is 4.78. The molecule has 3 aromatic rings. The van der Waals surface area contributed by atoms with Gasteiger partial charge < -0.3 is 30.9 Å². The average molecular weight is 704 g/mol. The SMILES string of the molecule is COC(=O)NC(C(=O)N[C@@H](Cc1ccc(-c2ccccn2)cc1)C[C@H](O)[C@H](Cc1ccccc1)NC(=O)[C@@H](N(C)C(=O)O)C(C)(C)C)C(C)(C)C. The van der Waals surface area contributed by atoms with Gasteiger partial charge in [0.1, 0.15) is 12.1 Å². The second kappa shape index (κ2) is 17.8. The molecule has 0 spiro atoms. The van der Waals surface area contributed by atoms with Gasteiger partial charge in [-0.05, 0) is 53.4 Å². The van der Waals surface area contributed by atoms with Crippen molar-refractivity contribution in [1.29, 1.82) is 0 Å². The minimum absolute atomic E-state index is 0.0234. The summed E-state index contributed by atoms with van der Waals surface area (Å²) >= 11 is 0. The monoisotopic (exact) mass is 703 g/mol. The molecule has 12 nitrogen and oxygen atoms in total. The van der Waals surface area contributed by atoms with Crippen molar-refractivity contribution >= 4 is 24.0 Å². The summed E-state index contributed by atoms with van der Waals surface area (Å²) in [7, 11) is 2.57. The van der Waals surface area contributed by atoms with E-state index in [1.54, 1.807) is 27.0 Å². The minimum Gasteiger partial charge on any atom is -0.465 e. The lowest BCUT2D eigenvalue weighted by Crippen LogP contribution is -2.59. The fraction of sp³-hybridized carbons (Fsp3) is 0.462. The van der Waals surface area contributed by atoms with Crippen LogP contribution in [0.5, 0.6) is 0 Å². The Morgan fingerprint density at radius 1 is 0.784 bits per heavy atom. The number of alkyl carbamates (subject to hydrolysis) is 1. The van der Waals surface area contributed by atoms with Gasteiger partial charge in [-0.15, -0.1) is 0 Å². The smallest absolute Gasteiger partial charge is 0.407 e. The number of amides is 4. The lowest BCUT2D eigenvalue weighted by atomic mass is 9.84. The topological polar surface area (TPSA) is 170 Å². The lowest BCUT2D eigenvalue weighted by molar-refractivity contribution is -0.131. The zero-order valence-electron chi connectivity index (χ0n) is 30.8. The Labute approximate surface area is 301 Å². The highest BCUT2D eigenvalue weighted by molar-refractivity contribution is 5.87. The molecule has 0 fully saturated rings. The first-order valence-corrected chi connectivity index (χ1v) is 17.0. The Balaban J connectivity index is 1.97. The number of likely N-dealkylation sites (N-methyl/N-ethyl adjacent to an activating group) is 1. The molecular formula is C39H53N5O7. The molecule has 0 aliphatic rings. The van der Waals surface area contributed by atoms with E-state index in [2.05, 4.69) is 20.9 Å². The van der Waals surface area contributed by atoms with Gasteiger partial charge in [-0.1, -0.05) is 102 Å². The van der Waals surface area contributed by atoms with Crippen LogP contribution in [0, 0.1) is 10.8 Å². The standard InChI is InChI=1S/C39H53N5O7/c1-38(2,3)32(43-36(48)51-8)34(46)41-28(22-26-17-19-27(20-18-26)29-16-12-13-21-40-29)24-31(45)30(23-25-14-10-9-11-15-25)42-35(47)33(39(4,5)6)44(7)37(49)50/h9-21,28,30-33,45H,22-24H2,1-8H3,(H,41,46)(H,42,47)(H,43,48)(H,49,50)/t28-,30-,31-,32?,33+/m0/s1. The zero-order valence-corrected chi connectivity index (χ0v) is 30.8. The number of pyridine rings is 1. The largest absolute Gasteiger partial charge is 0.465 e. The van der Waals surface area contributed by atoms with E-state index in [4.69, 9.17) is 4.74 Å². The van der Waals surface area contributed by atoms with Crippen molar-refractivity contribution in [3.8, 4) is 11.3 Å². The highest BCUT2D eigenvalue weighted by atomic mass is 16.5. The lowest BCUT2D eigenvalue weighted by Gasteiger charge is -2.37. The summed E-state index contributed by atoms with van der Waals surface area (Å²) in [6.45, 7) is 10.8. The van der Waals surface area contributed by atoms with Crippen LogP contribution < -0.4 is 16.0 Å². The molecule has 4 amide bonds. The van der Waals surface area contributed by atoms with Crippen LogP contribution in [0.2, 0.25) is 0 Å². The summed E-state index contributed by atoms with van der Waals surface area (Å²) in [5.41, 5.74) is 2.01. The molecular weight excluding hydrogens is 650 g/mol. The van der Waals surface area contributed by atoms with E-state index < -0.39 is 65.1 Å². The van der Waals surface area contributed by atoms with Crippen molar-refractivity contribution < 1.29 is 34.1 Å². The number of aliphatic hydroxyl groups excluding tert-OH is 1. The first-order valence-electron chi connectivity index (χ1n) is 17.0. The number of methoxy groups -OCH3 is 1. The first kappa shape index (κ1) is 40.5. The number of hydrogen-bond acceptors (Lipinski definition) is 7. The van der Waals surface area contributed by atoms with Crippen molar-refractivity contribution in [3.05, 3.63) is 90.1 Å². The van der Waals surface area contributed by atoms with E-state index in [1.165, 1.54) is 14.2 Å². The van der Waals surface area contributed by atoms with Crippen LogP contribution in [-0.2, 0) is 27.2 Å². The fourth-order valence-corrected chi connectivity index (χ4v) is 6.09. The Hall–Kier alpha value is -4.97. The van der Waals surface area contributed by atoms with E-state index in [1.807, 2.05) is 93.6 Å². The number of carboxylic acid groups (broad SMARTS) is 1. The number of aromatic nitrogens is 1. The predicted molar refractivity (Wildman–Crippen MR) is 196 cm³/mol. The number of carbonyl (C=O) groups is 4. The summed E-state index contributed by atoms with van der Waals surface area (Å²) in [5.74, 6) is -1.01. The maximum absolute atomic E-state index is 13.8. The van der Waals surface area contributed by atoms with E-state index in [-0.39, 0.29) is 12.8 Å². The van der Waals surface area contributed by atoms with Crippen LogP contribution in [0.15, 0.2) is 79.0 Å².